The number of hydrogen-bond donors (Lipinski definition) is 1. The lowest BCUT2D eigenvalue weighted by atomic mass is 10.0. The molecule has 3 unspecified atom stereocenters. The van der Waals surface area contributed by atoms with E-state index in [1.807, 2.05) is 13.1 Å². The van der Waals surface area contributed by atoms with Crippen LogP contribution < -0.4 is 0 Å². The maximum Gasteiger partial charge on any atom is 0.189 e. The van der Waals surface area contributed by atoms with Crippen LogP contribution in [0.15, 0.2) is 17.1 Å². The van der Waals surface area contributed by atoms with E-state index < -0.39 is 0 Å². The number of hydrogen-bond acceptors (Lipinski definition) is 2. The Kier molecular flexibility index (Phi) is 15.5. The Morgan fingerprint density at radius 3 is 1.90 bits per heavy atom. The number of rotatable bonds is 19. The van der Waals surface area contributed by atoms with Crippen molar-refractivity contribution in [2.24, 2.45) is 4.99 Å². The van der Waals surface area contributed by atoms with Crippen LogP contribution in [0, 0.1) is 0 Å². The van der Waals surface area contributed by atoms with Gasteiger partial charge in [0.2, 0.25) is 0 Å². The first-order valence-electron chi connectivity index (χ1n) is 12.9. The van der Waals surface area contributed by atoms with Gasteiger partial charge in [0.25, 0.3) is 0 Å². The Bertz CT molecular complexity index is 432. The maximum atomic E-state index is 10.2. The Hall–Kier alpha value is -0.670. The van der Waals surface area contributed by atoms with E-state index in [1.165, 1.54) is 96.3 Å². The molecule has 0 aromatic rings. The zero-order chi connectivity index (χ0) is 21.2. The second-order valence-corrected chi connectivity index (χ2v) is 9.13. The minimum atomic E-state index is -0.311. The van der Waals surface area contributed by atoms with Crippen molar-refractivity contribution in [3.05, 3.63) is 12.2 Å². The molecule has 1 aliphatic heterocycles. The summed E-state index contributed by atoms with van der Waals surface area (Å²) in [6, 6.07) is 0. The molecule has 29 heavy (non-hydrogen) atoms. The Morgan fingerprint density at radius 2 is 1.38 bits per heavy atom. The molecule has 0 saturated heterocycles. The summed E-state index contributed by atoms with van der Waals surface area (Å²) in [5.41, 5.74) is 0. The Labute approximate surface area is 182 Å². The van der Waals surface area contributed by atoms with Crippen molar-refractivity contribution in [2.75, 3.05) is 13.1 Å². The molecule has 0 bridgehead atoms. The predicted molar refractivity (Wildman–Crippen MR) is 128 cm³/mol. The topological polar surface area (TPSA) is 32.6 Å². The summed E-state index contributed by atoms with van der Waals surface area (Å²) in [5.74, 6) is 0. The van der Waals surface area contributed by atoms with Crippen LogP contribution >= 0.6 is 0 Å². The molecule has 3 nitrogen and oxygen atoms in total. The van der Waals surface area contributed by atoms with E-state index in [-0.39, 0.29) is 12.4 Å². The number of allylic oxidation sites excluding steroid dienone is 2. The van der Waals surface area contributed by atoms with Gasteiger partial charge in [-0.2, -0.15) is 0 Å². The molecule has 170 valence electrons. The Morgan fingerprint density at radius 1 is 0.862 bits per heavy atom. The van der Waals surface area contributed by atoms with Gasteiger partial charge >= 0.3 is 0 Å². The lowest BCUT2D eigenvalue weighted by Crippen LogP contribution is -2.57. The van der Waals surface area contributed by atoms with Crippen LogP contribution in [-0.2, 0) is 0 Å². The van der Waals surface area contributed by atoms with Crippen LogP contribution in [0.4, 0.5) is 0 Å². The van der Waals surface area contributed by atoms with Gasteiger partial charge in [-0.15, -0.1) is 0 Å². The molecule has 0 fully saturated rings. The second-order valence-electron chi connectivity index (χ2n) is 9.13. The first-order chi connectivity index (χ1) is 14.2. The number of nitrogens with zero attached hydrogens (tertiary/aromatic N) is 2. The van der Waals surface area contributed by atoms with E-state index in [9.17, 15) is 5.11 Å². The Balaban J connectivity index is 1.88. The van der Waals surface area contributed by atoms with Crippen molar-refractivity contribution in [1.82, 2.24) is 0 Å². The number of quaternary nitrogens is 1. The molecule has 0 aromatic carbocycles. The first kappa shape index (κ1) is 26.4. The molecule has 0 spiro atoms. The smallest absolute Gasteiger partial charge is 0.189 e. The highest BCUT2D eigenvalue weighted by atomic mass is 16.3. The highest BCUT2D eigenvalue weighted by molar-refractivity contribution is 5.60. The van der Waals surface area contributed by atoms with Crippen molar-refractivity contribution in [2.45, 2.75) is 136 Å². The number of aliphatic imine (C=N–C) groups is 1. The van der Waals surface area contributed by atoms with Crippen LogP contribution in [0.2, 0.25) is 0 Å². The average molecular weight is 408 g/mol. The van der Waals surface area contributed by atoms with Gasteiger partial charge in [-0.3, -0.25) is 4.48 Å². The van der Waals surface area contributed by atoms with E-state index in [4.69, 9.17) is 0 Å². The van der Waals surface area contributed by atoms with E-state index in [2.05, 4.69) is 31.0 Å². The monoisotopic (exact) mass is 407 g/mol. The van der Waals surface area contributed by atoms with Crippen LogP contribution in [0.3, 0.4) is 0 Å². The predicted octanol–water partition coefficient (Wildman–Crippen LogP) is 7.39. The average Bonchev–Trinajstić information content (AvgIpc) is 3.14. The molecule has 3 atom stereocenters. The minimum absolute atomic E-state index is 0.283. The van der Waals surface area contributed by atoms with E-state index in [1.54, 1.807) is 0 Å². The van der Waals surface area contributed by atoms with Gasteiger partial charge in [-0.05, 0) is 39.0 Å². The highest BCUT2D eigenvalue weighted by Gasteiger charge is 2.41. The third-order valence-electron chi connectivity index (χ3n) is 6.85. The molecular weight excluding hydrogens is 356 g/mol. The maximum absolute atomic E-state index is 10.2. The zero-order valence-electron chi connectivity index (χ0n) is 20.0. The fourth-order valence-corrected chi connectivity index (χ4v) is 4.66. The highest BCUT2D eigenvalue weighted by Crippen LogP contribution is 2.26. The minimum Gasteiger partial charge on any atom is -0.345 e. The normalized spacial score (nSPS) is 22.7. The molecule has 0 aliphatic carbocycles. The van der Waals surface area contributed by atoms with Crippen molar-refractivity contribution < 1.29 is 9.59 Å². The molecule has 0 amide bonds. The van der Waals surface area contributed by atoms with Crippen LogP contribution in [-0.4, -0.2) is 41.3 Å². The van der Waals surface area contributed by atoms with Gasteiger partial charge in [0, 0.05) is 13.3 Å². The van der Waals surface area contributed by atoms with Gasteiger partial charge in [0.05, 0.1) is 12.8 Å². The van der Waals surface area contributed by atoms with E-state index in [0.29, 0.717) is 0 Å². The summed E-state index contributed by atoms with van der Waals surface area (Å²) in [7, 11) is 0. The van der Waals surface area contributed by atoms with Crippen molar-refractivity contribution in [3.8, 4) is 0 Å². The van der Waals surface area contributed by atoms with Crippen molar-refractivity contribution in [1.29, 1.82) is 0 Å². The van der Waals surface area contributed by atoms with E-state index >= 15 is 0 Å². The summed E-state index contributed by atoms with van der Waals surface area (Å²) in [6.45, 7) is 8.25. The molecular formula is C26H51N2O+. The van der Waals surface area contributed by atoms with Gasteiger partial charge in [-0.1, -0.05) is 83.3 Å². The van der Waals surface area contributed by atoms with E-state index in [0.717, 1.165) is 24.0 Å². The standard InChI is InChI=1S/C26H51N2O/c1-4-6-7-8-9-10-11-12-13-14-15-16-17-18-19-20-21-22-26-27-23-24-28(26,5-2)25(3)29/h10-11,23,25-26,29H,4-9,12-22,24H2,1-3H3/q+1/b11-10+. The lowest BCUT2D eigenvalue weighted by Gasteiger charge is -2.40. The third kappa shape index (κ3) is 10.8. The molecule has 0 saturated carbocycles. The third-order valence-corrected chi connectivity index (χ3v) is 6.85. The van der Waals surface area contributed by atoms with Crippen LogP contribution in [0.1, 0.15) is 124 Å². The van der Waals surface area contributed by atoms with Crippen LogP contribution in [0.25, 0.3) is 0 Å². The largest absolute Gasteiger partial charge is 0.345 e. The van der Waals surface area contributed by atoms with Crippen LogP contribution in [0.5, 0.6) is 0 Å². The summed E-state index contributed by atoms with van der Waals surface area (Å²) in [6.07, 6.45) is 28.3. The van der Waals surface area contributed by atoms with Gasteiger partial charge in [-0.25, -0.2) is 4.99 Å². The molecule has 1 N–H and O–H groups in total. The summed E-state index contributed by atoms with van der Waals surface area (Å²) in [4.78, 5) is 4.67. The first-order valence-corrected chi connectivity index (χ1v) is 12.9. The van der Waals surface area contributed by atoms with Crippen molar-refractivity contribution in [3.63, 3.8) is 0 Å². The lowest BCUT2D eigenvalue weighted by molar-refractivity contribution is -0.976. The van der Waals surface area contributed by atoms with Gasteiger partial charge in [0.15, 0.2) is 12.4 Å². The molecule has 0 radical (unpaired) electrons. The molecule has 0 aromatic heterocycles. The fourth-order valence-electron chi connectivity index (χ4n) is 4.66. The fraction of sp³-hybridized carbons (Fsp3) is 0.885. The molecule has 1 aliphatic rings. The number of unbranched alkanes of at least 4 members (excludes halogenated alkanes) is 13. The number of aliphatic hydroxyl groups is 1. The number of aliphatic hydroxyl groups excluding tert-OH is 1. The summed E-state index contributed by atoms with van der Waals surface area (Å²) < 4.78 is 0.744. The SMILES string of the molecule is CCCCCC/C=C/CCCCCCCCCCCC1N=CC[N+]1(CC)C(C)O. The molecule has 1 heterocycles. The zero-order valence-corrected chi connectivity index (χ0v) is 20.0. The summed E-state index contributed by atoms with van der Waals surface area (Å²) in [5, 5.41) is 10.2. The van der Waals surface area contributed by atoms with Crippen molar-refractivity contribution >= 4 is 6.21 Å². The molecule has 3 heteroatoms. The summed E-state index contributed by atoms with van der Waals surface area (Å²) >= 11 is 0. The quantitative estimate of drug-likeness (QED) is 0.135. The van der Waals surface area contributed by atoms with Gasteiger partial charge in [0.1, 0.15) is 6.54 Å². The second kappa shape index (κ2) is 17.1. The molecule has 1 rings (SSSR count). The van der Waals surface area contributed by atoms with Gasteiger partial charge < -0.3 is 5.11 Å².